The second-order valence-electron chi connectivity index (χ2n) is 6.86. The summed E-state index contributed by atoms with van der Waals surface area (Å²) in [5.41, 5.74) is 1.44. The topological polar surface area (TPSA) is 84.9 Å². The number of hydrogen-bond donors (Lipinski definition) is 1. The zero-order valence-electron chi connectivity index (χ0n) is 15.4. The Balaban J connectivity index is 1.45. The molecule has 7 nitrogen and oxygen atoms in total. The zero-order chi connectivity index (χ0) is 19.7. The van der Waals surface area contributed by atoms with Crippen LogP contribution in [0, 0.1) is 0 Å². The highest BCUT2D eigenvalue weighted by molar-refractivity contribution is 6.22. The molecule has 0 saturated carbocycles. The first kappa shape index (κ1) is 18.2. The number of rotatable bonds is 5. The Morgan fingerprint density at radius 1 is 1.18 bits per heavy atom. The maximum absolute atomic E-state index is 12.6. The van der Waals surface area contributed by atoms with Gasteiger partial charge in [-0.25, -0.2) is 0 Å². The molecule has 7 heteroatoms. The van der Waals surface area contributed by atoms with Gasteiger partial charge >= 0.3 is 0 Å². The number of carbonyl (C=O) groups is 3. The van der Waals surface area contributed by atoms with Gasteiger partial charge in [0, 0.05) is 31.0 Å². The number of hydrogen-bond acceptors (Lipinski definition) is 5. The van der Waals surface area contributed by atoms with Gasteiger partial charge in [-0.15, -0.1) is 0 Å². The van der Waals surface area contributed by atoms with Gasteiger partial charge in [0.1, 0.15) is 12.4 Å². The number of fused-ring (bicyclic) bond motifs is 1. The number of amides is 3. The monoisotopic (exact) mass is 380 g/mol. The maximum atomic E-state index is 12.6. The van der Waals surface area contributed by atoms with Gasteiger partial charge in [-0.3, -0.25) is 19.3 Å². The van der Waals surface area contributed by atoms with E-state index < -0.39 is 5.91 Å². The average Bonchev–Trinajstić information content (AvgIpc) is 3.30. The Labute approximate surface area is 162 Å². The number of anilines is 1. The Kier molecular flexibility index (Phi) is 4.83. The average molecular weight is 380 g/mol. The minimum atomic E-state index is -0.404. The fourth-order valence-corrected chi connectivity index (χ4v) is 3.33. The molecule has 3 amide bonds. The number of ether oxygens (including phenoxy) is 2. The summed E-state index contributed by atoms with van der Waals surface area (Å²) in [5, 5.41) is 2.79. The first-order chi connectivity index (χ1) is 13.5. The van der Waals surface area contributed by atoms with E-state index in [2.05, 4.69) is 5.32 Å². The van der Waals surface area contributed by atoms with E-state index >= 15 is 0 Å². The summed E-state index contributed by atoms with van der Waals surface area (Å²) < 4.78 is 11.3. The van der Waals surface area contributed by atoms with Gasteiger partial charge < -0.3 is 14.8 Å². The quantitative estimate of drug-likeness (QED) is 0.807. The number of imide groups is 1. The smallest absolute Gasteiger partial charge is 0.261 e. The molecule has 1 N–H and O–H groups in total. The highest BCUT2D eigenvalue weighted by Crippen LogP contribution is 2.24. The standard InChI is InChI=1S/C21H20N2O5/c1-23-20(25)17-8-7-13(10-18(17)21(23)26)19(24)22-14-4-2-5-15(11-14)28-12-16-6-3-9-27-16/h2,4-5,7-8,10-11,16H,3,6,9,12H2,1H3,(H,22,24). The maximum Gasteiger partial charge on any atom is 0.261 e. The highest BCUT2D eigenvalue weighted by atomic mass is 16.5. The molecule has 1 unspecified atom stereocenters. The van der Waals surface area contributed by atoms with E-state index in [1.807, 2.05) is 6.07 Å². The highest BCUT2D eigenvalue weighted by Gasteiger charge is 2.33. The SMILES string of the molecule is CN1C(=O)c2ccc(C(=O)Nc3cccc(OCC4CCCO4)c3)cc2C1=O. The van der Waals surface area contributed by atoms with Crippen molar-refractivity contribution in [2.24, 2.45) is 0 Å². The molecule has 0 aliphatic carbocycles. The van der Waals surface area contributed by atoms with Gasteiger partial charge in [-0.2, -0.15) is 0 Å². The molecule has 1 atom stereocenters. The third kappa shape index (κ3) is 3.48. The molecule has 2 aromatic carbocycles. The molecule has 2 heterocycles. The molecule has 2 aromatic rings. The summed E-state index contributed by atoms with van der Waals surface area (Å²) in [7, 11) is 1.42. The fourth-order valence-electron chi connectivity index (χ4n) is 3.33. The van der Waals surface area contributed by atoms with Gasteiger partial charge in [0.25, 0.3) is 17.7 Å². The molecule has 0 bridgehead atoms. The van der Waals surface area contributed by atoms with Crippen molar-refractivity contribution in [1.82, 2.24) is 4.90 Å². The van der Waals surface area contributed by atoms with Crippen LogP contribution in [0.25, 0.3) is 0 Å². The lowest BCUT2D eigenvalue weighted by Crippen LogP contribution is -2.24. The number of benzene rings is 2. The summed E-state index contributed by atoms with van der Waals surface area (Å²) in [6.07, 6.45) is 2.16. The predicted molar refractivity (Wildman–Crippen MR) is 102 cm³/mol. The van der Waals surface area contributed by atoms with Crippen molar-refractivity contribution in [3.8, 4) is 5.75 Å². The van der Waals surface area contributed by atoms with Crippen LogP contribution in [0.4, 0.5) is 5.69 Å². The second-order valence-corrected chi connectivity index (χ2v) is 6.86. The van der Waals surface area contributed by atoms with Crippen LogP contribution >= 0.6 is 0 Å². The molecule has 2 aliphatic heterocycles. The summed E-state index contributed by atoms with van der Waals surface area (Å²) in [4.78, 5) is 37.7. The van der Waals surface area contributed by atoms with Gasteiger partial charge in [-0.1, -0.05) is 6.07 Å². The van der Waals surface area contributed by atoms with Crippen LogP contribution in [-0.2, 0) is 4.74 Å². The molecule has 0 spiro atoms. The molecule has 2 aliphatic rings. The Morgan fingerprint density at radius 2 is 2.00 bits per heavy atom. The Bertz CT molecular complexity index is 950. The van der Waals surface area contributed by atoms with E-state index in [4.69, 9.17) is 9.47 Å². The summed E-state index contributed by atoms with van der Waals surface area (Å²) in [5.74, 6) is -0.485. The molecule has 0 aromatic heterocycles. The summed E-state index contributed by atoms with van der Waals surface area (Å²) in [6.45, 7) is 1.25. The van der Waals surface area contributed by atoms with Crippen LogP contribution in [0.15, 0.2) is 42.5 Å². The van der Waals surface area contributed by atoms with E-state index in [0.29, 0.717) is 29.2 Å². The molecular formula is C21H20N2O5. The van der Waals surface area contributed by atoms with Crippen molar-refractivity contribution in [1.29, 1.82) is 0 Å². The van der Waals surface area contributed by atoms with E-state index in [9.17, 15) is 14.4 Å². The molecule has 28 heavy (non-hydrogen) atoms. The molecule has 144 valence electrons. The third-order valence-electron chi connectivity index (χ3n) is 4.90. The van der Waals surface area contributed by atoms with Gasteiger partial charge in [-0.05, 0) is 43.2 Å². The van der Waals surface area contributed by atoms with Crippen molar-refractivity contribution in [2.45, 2.75) is 18.9 Å². The van der Waals surface area contributed by atoms with Crippen LogP contribution in [0.3, 0.4) is 0 Å². The fraction of sp³-hybridized carbons (Fsp3) is 0.286. The van der Waals surface area contributed by atoms with Crippen molar-refractivity contribution in [3.63, 3.8) is 0 Å². The van der Waals surface area contributed by atoms with E-state index in [0.717, 1.165) is 24.3 Å². The minimum Gasteiger partial charge on any atom is -0.491 e. The first-order valence-corrected chi connectivity index (χ1v) is 9.15. The van der Waals surface area contributed by atoms with Crippen molar-refractivity contribution in [3.05, 3.63) is 59.2 Å². The zero-order valence-corrected chi connectivity index (χ0v) is 15.4. The van der Waals surface area contributed by atoms with Gasteiger partial charge in [0.2, 0.25) is 0 Å². The van der Waals surface area contributed by atoms with E-state index in [1.165, 1.54) is 25.2 Å². The normalized spacial score (nSPS) is 18.3. The van der Waals surface area contributed by atoms with Crippen LogP contribution in [0.2, 0.25) is 0 Å². The van der Waals surface area contributed by atoms with E-state index in [1.54, 1.807) is 18.2 Å². The summed E-state index contributed by atoms with van der Waals surface area (Å²) >= 11 is 0. The molecule has 4 rings (SSSR count). The van der Waals surface area contributed by atoms with Gasteiger partial charge in [0.05, 0.1) is 17.2 Å². The number of nitrogens with one attached hydrogen (secondary N) is 1. The Morgan fingerprint density at radius 3 is 2.79 bits per heavy atom. The molecular weight excluding hydrogens is 360 g/mol. The predicted octanol–water partition coefficient (Wildman–Crippen LogP) is 2.72. The van der Waals surface area contributed by atoms with Crippen molar-refractivity contribution >= 4 is 23.4 Å². The number of nitrogens with zero attached hydrogens (tertiary/aromatic N) is 1. The Hall–Kier alpha value is -3.19. The second kappa shape index (κ2) is 7.44. The van der Waals surface area contributed by atoms with Crippen LogP contribution < -0.4 is 10.1 Å². The van der Waals surface area contributed by atoms with Crippen LogP contribution in [0.5, 0.6) is 5.75 Å². The van der Waals surface area contributed by atoms with Crippen LogP contribution in [0.1, 0.15) is 43.9 Å². The third-order valence-corrected chi connectivity index (χ3v) is 4.90. The largest absolute Gasteiger partial charge is 0.491 e. The first-order valence-electron chi connectivity index (χ1n) is 9.15. The lowest BCUT2D eigenvalue weighted by molar-refractivity contribution is 0.0679. The van der Waals surface area contributed by atoms with E-state index in [-0.39, 0.29) is 23.5 Å². The molecule has 1 fully saturated rings. The summed E-state index contributed by atoms with van der Waals surface area (Å²) in [6, 6.07) is 11.6. The van der Waals surface area contributed by atoms with Gasteiger partial charge in [0.15, 0.2) is 0 Å². The molecule has 0 radical (unpaired) electrons. The molecule has 1 saturated heterocycles. The lowest BCUT2D eigenvalue weighted by atomic mass is 10.1. The number of carbonyl (C=O) groups excluding carboxylic acids is 3. The van der Waals surface area contributed by atoms with Crippen molar-refractivity contribution in [2.75, 3.05) is 25.6 Å². The van der Waals surface area contributed by atoms with Crippen LogP contribution in [-0.4, -0.2) is 49.0 Å². The minimum absolute atomic E-state index is 0.114. The van der Waals surface area contributed by atoms with Crippen molar-refractivity contribution < 1.29 is 23.9 Å². The lowest BCUT2D eigenvalue weighted by Gasteiger charge is -2.12.